The van der Waals surface area contributed by atoms with E-state index in [0.717, 1.165) is 24.6 Å². The smallest absolute Gasteiger partial charge is 0.128 e. The van der Waals surface area contributed by atoms with Gasteiger partial charge in [0.15, 0.2) is 0 Å². The van der Waals surface area contributed by atoms with Crippen LogP contribution in [0.2, 0.25) is 0 Å². The van der Waals surface area contributed by atoms with Gasteiger partial charge in [-0.25, -0.2) is 4.39 Å². The van der Waals surface area contributed by atoms with E-state index in [0.29, 0.717) is 12.1 Å². The Morgan fingerprint density at radius 1 is 1.40 bits per heavy atom. The SMILES string of the molecule is CCN(Cc1ccc(C#CCO)cc1F)CC1CCC1. The van der Waals surface area contributed by atoms with Crippen molar-refractivity contribution in [3.63, 3.8) is 0 Å². The lowest BCUT2D eigenvalue weighted by atomic mass is 9.85. The monoisotopic (exact) mass is 275 g/mol. The number of halogens is 1. The molecular formula is C17H22FNO. The highest BCUT2D eigenvalue weighted by atomic mass is 19.1. The average molecular weight is 275 g/mol. The Hall–Kier alpha value is -1.37. The van der Waals surface area contributed by atoms with E-state index in [1.54, 1.807) is 6.07 Å². The normalized spacial score (nSPS) is 14.8. The van der Waals surface area contributed by atoms with E-state index >= 15 is 0 Å². The second kappa shape index (κ2) is 7.42. The molecule has 1 aliphatic rings. The summed E-state index contributed by atoms with van der Waals surface area (Å²) >= 11 is 0. The van der Waals surface area contributed by atoms with Gasteiger partial charge in [0.1, 0.15) is 12.4 Å². The Morgan fingerprint density at radius 3 is 2.75 bits per heavy atom. The van der Waals surface area contributed by atoms with Crippen LogP contribution in [0, 0.1) is 23.6 Å². The number of benzene rings is 1. The van der Waals surface area contributed by atoms with Crippen molar-refractivity contribution in [1.82, 2.24) is 4.90 Å². The third-order valence-corrected chi connectivity index (χ3v) is 3.95. The molecule has 20 heavy (non-hydrogen) atoms. The fourth-order valence-corrected chi connectivity index (χ4v) is 2.48. The molecule has 0 atom stereocenters. The maximum absolute atomic E-state index is 14.1. The summed E-state index contributed by atoms with van der Waals surface area (Å²) in [4.78, 5) is 2.31. The first-order valence-electron chi connectivity index (χ1n) is 7.33. The highest BCUT2D eigenvalue weighted by molar-refractivity contribution is 5.37. The molecule has 3 heteroatoms. The van der Waals surface area contributed by atoms with Gasteiger partial charge in [-0.2, -0.15) is 0 Å². The molecule has 1 aromatic rings. The van der Waals surface area contributed by atoms with E-state index in [1.165, 1.54) is 25.3 Å². The second-order valence-electron chi connectivity index (χ2n) is 5.39. The molecule has 0 radical (unpaired) electrons. The molecule has 0 aliphatic heterocycles. The minimum atomic E-state index is -0.207. The summed E-state index contributed by atoms with van der Waals surface area (Å²) in [5.41, 5.74) is 1.34. The second-order valence-corrected chi connectivity index (χ2v) is 5.39. The van der Waals surface area contributed by atoms with Crippen molar-refractivity contribution in [1.29, 1.82) is 0 Å². The largest absolute Gasteiger partial charge is 0.384 e. The first kappa shape index (κ1) is 15.0. The zero-order chi connectivity index (χ0) is 14.4. The Morgan fingerprint density at radius 2 is 2.20 bits per heavy atom. The van der Waals surface area contributed by atoms with Crippen molar-refractivity contribution in [2.45, 2.75) is 32.7 Å². The third kappa shape index (κ3) is 4.06. The number of hydrogen-bond acceptors (Lipinski definition) is 2. The zero-order valence-corrected chi connectivity index (χ0v) is 12.0. The molecule has 2 nitrogen and oxygen atoms in total. The summed E-state index contributed by atoms with van der Waals surface area (Å²) in [6.45, 7) is 4.60. The van der Waals surface area contributed by atoms with Crippen molar-refractivity contribution >= 4 is 0 Å². The van der Waals surface area contributed by atoms with Gasteiger partial charge in [-0.3, -0.25) is 4.90 Å². The van der Waals surface area contributed by atoms with Crippen LogP contribution in [-0.2, 0) is 6.54 Å². The van der Waals surface area contributed by atoms with E-state index in [2.05, 4.69) is 23.7 Å². The number of hydrogen-bond donors (Lipinski definition) is 1. The minimum Gasteiger partial charge on any atom is -0.384 e. The molecule has 1 fully saturated rings. The van der Waals surface area contributed by atoms with Gasteiger partial charge in [0.25, 0.3) is 0 Å². The van der Waals surface area contributed by atoms with Gasteiger partial charge in [0, 0.05) is 24.2 Å². The van der Waals surface area contributed by atoms with Crippen LogP contribution in [0.4, 0.5) is 4.39 Å². The van der Waals surface area contributed by atoms with Gasteiger partial charge in [-0.15, -0.1) is 0 Å². The lowest BCUT2D eigenvalue weighted by molar-refractivity contribution is 0.177. The van der Waals surface area contributed by atoms with Crippen molar-refractivity contribution in [2.75, 3.05) is 19.7 Å². The molecule has 1 saturated carbocycles. The van der Waals surface area contributed by atoms with Gasteiger partial charge >= 0.3 is 0 Å². The van der Waals surface area contributed by atoms with E-state index < -0.39 is 0 Å². The Balaban J connectivity index is 2.00. The third-order valence-electron chi connectivity index (χ3n) is 3.95. The maximum Gasteiger partial charge on any atom is 0.128 e. The number of rotatable bonds is 5. The van der Waals surface area contributed by atoms with Gasteiger partial charge in [0.05, 0.1) is 0 Å². The van der Waals surface area contributed by atoms with Crippen molar-refractivity contribution in [3.8, 4) is 11.8 Å². The first-order chi connectivity index (χ1) is 9.72. The zero-order valence-electron chi connectivity index (χ0n) is 12.0. The molecule has 0 unspecified atom stereocenters. The summed E-state index contributed by atoms with van der Waals surface area (Å²) in [5, 5.41) is 8.64. The van der Waals surface area contributed by atoms with Gasteiger partial charge in [-0.1, -0.05) is 31.3 Å². The molecule has 0 amide bonds. The van der Waals surface area contributed by atoms with Crippen LogP contribution in [0.5, 0.6) is 0 Å². The molecule has 0 heterocycles. The highest BCUT2D eigenvalue weighted by Gasteiger charge is 2.20. The topological polar surface area (TPSA) is 23.5 Å². The van der Waals surface area contributed by atoms with E-state index in [9.17, 15) is 4.39 Å². The Kier molecular flexibility index (Phi) is 5.58. The van der Waals surface area contributed by atoms with Gasteiger partial charge in [0.2, 0.25) is 0 Å². The molecule has 0 saturated heterocycles. The van der Waals surface area contributed by atoms with E-state index in [1.807, 2.05) is 6.07 Å². The molecule has 1 aromatic carbocycles. The van der Waals surface area contributed by atoms with Crippen LogP contribution in [-0.4, -0.2) is 29.7 Å². The van der Waals surface area contributed by atoms with Crippen LogP contribution in [0.15, 0.2) is 18.2 Å². The molecule has 1 aliphatic carbocycles. The number of aliphatic hydroxyl groups is 1. The molecule has 0 aromatic heterocycles. The lowest BCUT2D eigenvalue weighted by Crippen LogP contribution is -2.32. The maximum atomic E-state index is 14.1. The number of aliphatic hydroxyl groups excluding tert-OH is 1. The average Bonchev–Trinajstić information content (AvgIpc) is 2.41. The fraction of sp³-hybridized carbons (Fsp3) is 0.529. The molecular weight excluding hydrogens is 253 g/mol. The summed E-state index contributed by atoms with van der Waals surface area (Å²) in [6.07, 6.45) is 3.97. The molecule has 0 bridgehead atoms. The van der Waals surface area contributed by atoms with Crippen molar-refractivity contribution in [2.24, 2.45) is 5.92 Å². The minimum absolute atomic E-state index is 0.200. The van der Waals surface area contributed by atoms with Crippen LogP contribution >= 0.6 is 0 Å². The van der Waals surface area contributed by atoms with E-state index in [4.69, 9.17) is 5.11 Å². The summed E-state index contributed by atoms with van der Waals surface area (Å²) < 4.78 is 14.1. The molecule has 0 spiro atoms. The fourth-order valence-electron chi connectivity index (χ4n) is 2.48. The Bertz CT molecular complexity index is 499. The molecule has 2 rings (SSSR count). The molecule has 108 valence electrons. The van der Waals surface area contributed by atoms with Crippen LogP contribution in [0.25, 0.3) is 0 Å². The van der Waals surface area contributed by atoms with Gasteiger partial charge < -0.3 is 5.11 Å². The number of nitrogens with zero attached hydrogens (tertiary/aromatic N) is 1. The van der Waals surface area contributed by atoms with Crippen LogP contribution in [0.3, 0.4) is 0 Å². The lowest BCUT2D eigenvalue weighted by Gasteiger charge is -2.31. The predicted octanol–water partition coefficient (Wildman–Crippen LogP) is 2.79. The van der Waals surface area contributed by atoms with Crippen LogP contribution < -0.4 is 0 Å². The predicted molar refractivity (Wildman–Crippen MR) is 78.7 cm³/mol. The molecule has 1 N–H and O–H groups in total. The van der Waals surface area contributed by atoms with Gasteiger partial charge in [-0.05, 0) is 37.4 Å². The Labute approximate surface area is 120 Å². The summed E-state index contributed by atoms with van der Waals surface area (Å²) in [7, 11) is 0. The van der Waals surface area contributed by atoms with Crippen LogP contribution in [0.1, 0.15) is 37.3 Å². The summed E-state index contributed by atoms with van der Waals surface area (Å²) in [6, 6.07) is 5.08. The highest BCUT2D eigenvalue weighted by Crippen LogP contribution is 2.27. The summed E-state index contributed by atoms with van der Waals surface area (Å²) in [5.74, 6) is 5.85. The van der Waals surface area contributed by atoms with E-state index in [-0.39, 0.29) is 12.4 Å². The van der Waals surface area contributed by atoms with Crippen molar-refractivity contribution < 1.29 is 9.50 Å². The standard InChI is InChI=1S/C17H22FNO/c1-2-19(12-15-5-3-6-15)13-16-9-8-14(7-4-10-20)11-17(16)18/h8-9,11,15,20H,2-3,5-6,10,12-13H2,1H3. The first-order valence-corrected chi connectivity index (χ1v) is 7.33. The quantitative estimate of drug-likeness (QED) is 0.835. The van der Waals surface area contributed by atoms with Crippen molar-refractivity contribution in [3.05, 3.63) is 35.1 Å².